The molecule has 3 rings (SSSR count). The maximum absolute atomic E-state index is 12.0. The molecule has 0 bridgehead atoms. The molecule has 0 aromatic carbocycles. The van der Waals surface area contributed by atoms with Crippen molar-refractivity contribution in [1.29, 1.82) is 0 Å². The second-order valence-electron chi connectivity index (χ2n) is 4.97. The summed E-state index contributed by atoms with van der Waals surface area (Å²) in [7, 11) is 0. The van der Waals surface area contributed by atoms with Gasteiger partial charge in [0.2, 0.25) is 5.91 Å². The second-order valence-corrected chi connectivity index (χ2v) is 4.97. The van der Waals surface area contributed by atoms with Gasteiger partial charge < -0.3 is 9.64 Å². The Labute approximate surface area is 106 Å². The molecule has 1 aromatic heterocycles. The van der Waals surface area contributed by atoms with Crippen LogP contribution in [0.3, 0.4) is 0 Å². The van der Waals surface area contributed by atoms with Crippen LogP contribution in [0, 0.1) is 5.92 Å². The van der Waals surface area contributed by atoms with Crippen LogP contribution in [0.4, 0.5) is 0 Å². The van der Waals surface area contributed by atoms with E-state index in [0.29, 0.717) is 18.5 Å². The average molecular weight is 247 g/mol. The number of hydrogen-bond acceptors (Lipinski definition) is 4. The number of likely N-dealkylation sites (tertiary alicyclic amines) is 1. The van der Waals surface area contributed by atoms with E-state index in [1.54, 1.807) is 18.5 Å². The van der Waals surface area contributed by atoms with Crippen LogP contribution in [-0.2, 0) is 4.79 Å². The molecule has 1 aromatic rings. The molecule has 0 unspecified atom stereocenters. The quantitative estimate of drug-likeness (QED) is 0.806. The van der Waals surface area contributed by atoms with Gasteiger partial charge in [-0.3, -0.25) is 4.79 Å². The summed E-state index contributed by atoms with van der Waals surface area (Å²) in [5, 5.41) is 0. The third-order valence-electron chi connectivity index (χ3n) is 3.43. The number of amides is 1. The molecular weight excluding hydrogens is 230 g/mol. The van der Waals surface area contributed by atoms with E-state index in [1.807, 2.05) is 4.90 Å². The lowest BCUT2D eigenvalue weighted by Gasteiger charge is -2.32. The monoisotopic (exact) mass is 247 g/mol. The minimum Gasteiger partial charge on any atom is -0.458 e. The van der Waals surface area contributed by atoms with E-state index in [4.69, 9.17) is 4.74 Å². The Bertz CT molecular complexity index is 420. The largest absolute Gasteiger partial charge is 0.458 e. The molecule has 1 atom stereocenters. The summed E-state index contributed by atoms with van der Waals surface area (Å²) in [6.45, 7) is 1.54. The first-order chi connectivity index (χ1) is 8.83. The zero-order chi connectivity index (χ0) is 12.4. The van der Waals surface area contributed by atoms with Crippen LogP contribution >= 0.6 is 0 Å². The number of nitrogens with zero attached hydrogens (tertiary/aromatic N) is 3. The Hall–Kier alpha value is -1.65. The third-order valence-corrected chi connectivity index (χ3v) is 3.43. The molecular formula is C13H17N3O2. The lowest BCUT2D eigenvalue weighted by molar-refractivity contribution is -0.135. The van der Waals surface area contributed by atoms with Crippen molar-refractivity contribution in [3.8, 4) is 6.01 Å². The van der Waals surface area contributed by atoms with Crippen LogP contribution in [0.5, 0.6) is 6.01 Å². The predicted molar refractivity (Wildman–Crippen MR) is 65.0 cm³/mol. The van der Waals surface area contributed by atoms with Crippen molar-refractivity contribution in [2.24, 2.45) is 5.92 Å². The molecule has 2 heterocycles. The minimum atomic E-state index is 0.0313. The molecule has 5 heteroatoms. The molecule has 5 nitrogen and oxygen atoms in total. The second kappa shape index (κ2) is 4.92. The van der Waals surface area contributed by atoms with Crippen molar-refractivity contribution in [2.45, 2.75) is 31.8 Å². The Morgan fingerprint density at radius 1 is 1.28 bits per heavy atom. The van der Waals surface area contributed by atoms with E-state index >= 15 is 0 Å². The molecule has 1 aliphatic heterocycles. The van der Waals surface area contributed by atoms with Crippen LogP contribution in [0.25, 0.3) is 0 Å². The SMILES string of the molecule is O=C(C1CC1)N1CCC[C@@H](Oc2ncccn2)C1. The topological polar surface area (TPSA) is 55.3 Å². The van der Waals surface area contributed by atoms with E-state index in [0.717, 1.165) is 32.2 Å². The fourth-order valence-electron chi connectivity index (χ4n) is 2.32. The van der Waals surface area contributed by atoms with Crippen molar-refractivity contribution in [3.63, 3.8) is 0 Å². The molecule has 1 aliphatic carbocycles. The van der Waals surface area contributed by atoms with Gasteiger partial charge in [-0.15, -0.1) is 0 Å². The maximum atomic E-state index is 12.0. The molecule has 1 saturated heterocycles. The average Bonchev–Trinajstić information content (AvgIpc) is 3.24. The molecule has 18 heavy (non-hydrogen) atoms. The van der Waals surface area contributed by atoms with Crippen LogP contribution in [0.15, 0.2) is 18.5 Å². The fourth-order valence-corrected chi connectivity index (χ4v) is 2.32. The summed E-state index contributed by atoms with van der Waals surface area (Å²) >= 11 is 0. The molecule has 0 spiro atoms. The molecule has 96 valence electrons. The smallest absolute Gasteiger partial charge is 0.316 e. The minimum absolute atomic E-state index is 0.0313. The van der Waals surface area contributed by atoms with Gasteiger partial charge in [-0.25, -0.2) is 9.97 Å². The summed E-state index contributed by atoms with van der Waals surface area (Å²) in [5.74, 6) is 0.592. The summed E-state index contributed by atoms with van der Waals surface area (Å²) < 4.78 is 5.72. The standard InChI is InChI=1S/C13H17N3O2/c17-12(10-4-5-10)16-8-1-3-11(9-16)18-13-14-6-2-7-15-13/h2,6-7,10-11H,1,3-5,8-9H2/t11-/m1/s1. The van der Waals surface area contributed by atoms with Gasteiger partial charge in [0.05, 0.1) is 6.54 Å². The Morgan fingerprint density at radius 3 is 2.78 bits per heavy atom. The number of carbonyl (C=O) groups is 1. The van der Waals surface area contributed by atoms with E-state index < -0.39 is 0 Å². The highest BCUT2D eigenvalue weighted by Crippen LogP contribution is 2.32. The number of aromatic nitrogens is 2. The summed E-state index contributed by atoms with van der Waals surface area (Å²) in [5.41, 5.74) is 0. The van der Waals surface area contributed by atoms with Gasteiger partial charge >= 0.3 is 6.01 Å². The molecule has 2 fully saturated rings. The van der Waals surface area contributed by atoms with Gasteiger partial charge in [-0.1, -0.05) is 0 Å². The summed E-state index contributed by atoms with van der Waals surface area (Å²) in [6.07, 6.45) is 7.44. The predicted octanol–water partition coefficient (Wildman–Crippen LogP) is 1.26. The van der Waals surface area contributed by atoms with Crippen molar-refractivity contribution < 1.29 is 9.53 Å². The van der Waals surface area contributed by atoms with Crippen molar-refractivity contribution >= 4 is 5.91 Å². The third kappa shape index (κ3) is 2.60. The highest BCUT2D eigenvalue weighted by atomic mass is 16.5. The fraction of sp³-hybridized carbons (Fsp3) is 0.615. The number of hydrogen-bond donors (Lipinski definition) is 0. The summed E-state index contributed by atoms with van der Waals surface area (Å²) in [6, 6.07) is 2.17. The van der Waals surface area contributed by atoms with Crippen molar-refractivity contribution in [2.75, 3.05) is 13.1 Å². The number of ether oxygens (including phenoxy) is 1. The van der Waals surface area contributed by atoms with Crippen LogP contribution in [0.1, 0.15) is 25.7 Å². The van der Waals surface area contributed by atoms with Gasteiger partial charge in [0.25, 0.3) is 0 Å². The molecule has 1 amide bonds. The van der Waals surface area contributed by atoms with Gasteiger partial charge in [-0.2, -0.15) is 0 Å². The molecule has 0 N–H and O–H groups in total. The zero-order valence-corrected chi connectivity index (χ0v) is 10.3. The number of piperidine rings is 1. The zero-order valence-electron chi connectivity index (χ0n) is 10.3. The highest BCUT2D eigenvalue weighted by Gasteiger charge is 2.35. The van der Waals surface area contributed by atoms with Gasteiger partial charge in [0.15, 0.2) is 0 Å². The first-order valence-electron chi connectivity index (χ1n) is 6.55. The molecule has 0 radical (unpaired) electrons. The van der Waals surface area contributed by atoms with E-state index in [-0.39, 0.29) is 12.0 Å². The van der Waals surface area contributed by atoms with Crippen molar-refractivity contribution in [1.82, 2.24) is 14.9 Å². The number of rotatable bonds is 3. The van der Waals surface area contributed by atoms with Gasteiger partial charge in [0.1, 0.15) is 6.10 Å². The summed E-state index contributed by atoms with van der Waals surface area (Å²) in [4.78, 5) is 22.0. The van der Waals surface area contributed by atoms with Crippen LogP contribution < -0.4 is 4.74 Å². The first-order valence-corrected chi connectivity index (χ1v) is 6.55. The van der Waals surface area contributed by atoms with Crippen LogP contribution in [0.2, 0.25) is 0 Å². The normalized spacial score (nSPS) is 23.8. The Morgan fingerprint density at radius 2 is 2.06 bits per heavy atom. The van der Waals surface area contributed by atoms with E-state index in [1.165, 1.54) is 0 Å². The van der Waals surface area contributed by atoms with Crippen molar-refractivity contribution in [3.05, 3.63) is 18.5 Å². The Kier molecular flexibility index (Phi) is 3.13. The lowest BCUT2D eigenvalue weighted by Crippen LogP contribution is -2.45. The van der Waals surface area contributed by atoms with E-state index in [2.05, 4.69) is 9.97 Å². The highest BCUT2D eigenvalue weighted by molar-refractivity contribution is 5.81. The lowest BCUT2D eigenvalue weighted by atomic mass is 10.1. The van der Waals surface area contributed by atoms with E-state index in [9.17, 15) is 4.79 Å². The maximum Gasteiger partial charge on any atom is 0.316 e. The molecule has 1 saturated carbocycles. The van der Waals surface area contributed by atoms with Gasteiger partial charge in [-0.05, 0) is 31.7 Å². The van der Waals surface area contributed by atoms with Gasteiger partial charge in [0, 0.05) is 24.9 Å². The number of carbonyl (C=O) groups excluding carboxylic acids is 1. The first kappa shape index (κ1) is 11.4. The molecule has 2 aliphatic rings. The van der Waals surface area contributed by atoms with Crippen LogP contribution in [-0.4, -0.2) is 40.0 Å². The Balaban J connectivity index is 1.58.